The van der Waals surface area contributed by atoms with Crippen molar-refractivity contribution in [2.24, 2.45) is 0 Å². The van der Waals surface area contributed by atoms with Gasteiger partial charge in [0.05, 0.1) is 12.5 Å². The number of amides is 1. The Labute approximate surface area is 102 Å². The third kappa shape index (κ3) is 2.20. The smallest absolute Gasteiger partial charge is 0.228 e. The van der Waals surface area contributed by atoms with Crippen LogP contribution in [0.25, 0.3) is 0 Å². The topological polar surface area (TPSA) is 29.5 Å². The number of rotatable bonds is 2. The van der Waals surface area contributed by atoms with Crippen molar-refractivity contribution in [3.05, 3.63) is 23.8 Å². The zero-order chi connectivity index (χ0) is 12.6. The van der Waals surface area contributed by atoms with Gasteiger partial charge in [-0.25, -0.2) is 8.78 Å². The molecule has 0 aliphatic carbocycles. The minimum atomic E-state index is -0.832. The predicted molar refractivity (Wildman–Crippen MR) is 59.5 cm³/mol. The van der Waals surface area contributed by atoms with Gasteiger partial charge in [0.1, 0.15) is 11.4 Å². The van der Waals surface area contributed by atoms with Crippen molar-refractivity contribution in [2.45, 2.75) is 11.8 Å². The Morgan fingerprint density at radius 3 is 2.41 bits per heavy atom. The molecular formula is C11H10ClF2NO2. The first kappa shape index (κ1) is 12.1. The summed E-state index contributed by atoms with van der Waals surface area (Å²) in [6.07, 6.45) is 0.0897. The summed E-state index contributed by atoms with van der Waals surface area (Å²) >= 11 is 5.78. The second kappa shape index (κ2) is 4.49. The molecule has 1 amide bonds. The van der Waals surface area contributed by atoms with Gasteiger partial charge in [0.25, 0.3) is 0 Å². The fraction of sp³-hybridized carbons (Fsp3) is 0.364. The quantitative estimate of drug-likeness (QED) is 0.765. The van der Waals surface area contributed by atoms with Gasteiger partial charge in [0, 0.05) is 25.1 Å². The van der Waals surface area contributed by atoms with E-state index in [1.54, 1.807) is 0 Å². The lowest BCUT2D eigenvalue weighted by Crippen LogP contribution is -2.26. The molecule has 3 nitrogen and oxygen atoms in total. The van der Waals surface area contributed by atoms with Crippen molar-refractivity contribution in [3.8, 4) is 5.75 Å². The molecule has 17 heavy (non-hydrogen) atoms. The van der Waals surface area contributed by atoms with Gasteiger partial charge in [-0.05, 0) is 0 Å². The first-order valence-corrected chi connectivity index (χ1v) is 5.44. The van der Waals surface area contributed by atoms with Gasteiger partial charge in [0.15, 0.2) is 11.6 Å². The number of hydrogen-bond acceptors (Lipinski definition) is 2. The minimum Gasteiger partial charge on any atom is -0.497 e. The van der Waals surface area contributed by atoms with Crippen LogP contribution in [0.1, 0.15) is 6.42 Å². The van der Waals surface area contributed by atoms with E-state index in [-0.39, 0.29) is 30.3 Å². The van der Waals surface area contributed by atoms with E-state index in [2.05, 4.69) is 0 Å². The third-order valence-electron chi connectivity index (χ3n) is 2.57. The third-order valence-corrected chi connectivity index (χ3v) is 2.87. The molecule has 1 aromatic rings. The number of ether oxygens (including phenoxy) is 1. The zero-order valence-electron chi connectivity index (χ0n) is 9.04. The second-order valence-corrected chi connectivity index (χ2v) is 4.36. The van der Waals surface area contributed by atoms with Gasteiger partial charge in [-0.3, -0.25) is 4.79 Å². The number of hydrogen-bond donors (Lipinski definition) is 0. The zero-order valence-corrected chi connectivity index (χ0v) is 9.80. The van der Waals surface area contributed by atoms with E-state index in [0.29, 0.717) is 0 Å². The molecule has 1 aliphatic rings. The second-order valence-electron chi connectivity index (χ2n) is 3.75. The van der Waals surface area contributed by atoms with Gasteiger partial charge in [-0.2, -0.15) is 0 Å². The average Bonchev–Trinajstić information content (AvgIpc) is 2.57. The molecule has 2 rings (SSSR count). The fourth-order valence-electron chi connectivity index (χ4n) is 1.80. The first-order chi connectivity index (χ1) is 8.02. The number of alkyl halides is 1. The molecular weight excluding hydrogens is 252 g/mol. The highest BCUT2D eigenvalue weighted by Gasteiger charge is 2.33. The highest BCUT2D eigenvalue weighted by Crippen LogP contribution is 2.32. The number of methoxy groups -OCH3 is 1. The maximum Gasteiger partial charge on any atom is 0.228 e. The summed E-state index contributed by atoms with van der Waals surface area (Å²) in [6.45, 7) is 0.112. The van der Waals surface area contributed by atoms with E-state index in [1.807, 2.05) is 0 Å². The lowest BCUT2D eigenvalue weighted by molar-refractivity contribution is -0.117. The summed E-state index contributed by atoms with van der Waals surface area (Å²) in [7, 11) is 1.31. The van der Waals surface area contributed by atoms with Gasteiger partial charge < -0.3 is 9.64 Å². The van der Waals surface area contributed by atoms with Gasteiger partial charge in [-0.1, -0.05) is 0 Å². The summed E-state index contributed by atoms with van der Waals surface area (Å²) in [4.78, 5) is 12.6. The van der Waals surface area contributed by atoms with E-state index in [0.717, 1.165) is 17.0 Å². The highest BCUT2D eigenvalue weighted by atomic mass is 35.5. The lowest BCUT2D eigenvalue weighted by Gasteiger charge is -2.18. The molecule has 0 spiro atoms. The van der Waals surface area contributed by atoms with Crippen molar-refractivity contribution in [2.75, 3.05) is 18.6 Å². The van der Waals surface area contributed by atoms with E-state index in [9.17, 15) is 13.6 Å². The Morgan fingerprint density at radius 2 is 2.00 bits per heavy atom. The first-order valence-electron chi connectivity index (χ1n) is 5.00. The summed E-state index contributed by atoms with van der Waals surface area (Å²) in [6, 6.07) is 2.07. The molecule has 0 radical (unpaired) electrons. The normalized spacial score (nSPS) is 19.9. The molecule has 1 aromatic carbocycles. The summed E-state index contributed by atoms with van der Waals surface area (Å²) < 4.78 is 32.1. The molecule has 1 unspecified atom stereocenters. The van der Waals surface area contributed by atoms with Crippen molar-refractivity contribution in [3.63, 3.8) is 0 Å². The molecule has 0 N–H and O–H groups in total. The maximum absolute atomic E-state index is 13.7. The van der Waals surface area contributed by atoms with Crippen molar-refractivity contribution < 1.29 is 18.3 Å². The van der Waals surface area contributed by atoms with Crippen LogP contribution in [0.3, 0.4) is 0 Å². The van der Waals surface area contributed by atoms with E-state index < -0.39 is 17.0 Å². The van der Waals surface area contributed by atoms with Crippen LogP contribution in [0.2, 0.25) is 0 Å². The number of carbonyl (C=O) groups is 1. The Bertz CT molecular complexity index is 444. The van der Waals surface area contributed by atoms with Gasteiger partial charge >= 0.3 is 0 Å². The van der Waals surface area contributed by atoms with Crippen LogP contribution in [-0.2, 0) is 4.79 Å². The molecule has 0 bridgehead atoms. The highest BCUT2D eigenvalue weighted by molar-refractivity contribution is 6.24. The Balaban J connectivity index is 2.42. The van der Waals surface area contributed by atoms with Crippen LogP contribution in [-0.4, -0.2) is 24.9 Å². The van der Waals surface area contributed by atoms with Crippen LogP contribution in [0.5, 0.6) is 5.75 Å². The molecule has 1 saturated heterocycles. The number of nitrogens with zero attached hydrogens (tertiary/aromatic N) is 1. The van der Waals surface area contributed by atoms with Gasteiger partial charge in [-0.15, -0.1) is 11.6 Å². The number of carbonyl (C=O) groups excluding carboxylic acids is 1. The lowest BCUT2D eigenvalue weighted by atomic mass is 10.2. The molecule has 0 aromatic heterocycles. The standard InChI is InChI=1S/C11H10ClF2NO2/c1-17-7-3-8(13)11(9(14)4-7)15-5-6(12)2-10(15)16/h3-4,6H,2,5H2,1H3. The summed E-state index contributed by atoms with van der Waals surface area (Å²) in [5, 5.41) is -0.414. The Morgan fingerprint density at radius 1 is 1.41 bits per heavy atom. The fourth-order valence-corrected chi connectivity index (χ4v) is 2.07. The van der Waals surface area contributed by atoms with Crippen LogP contribution in [0, 0.1) is 11.6 Å². The van der Waals surface area contributed by atoms with Crippen molar-refractivity contribution in [1.82, 2.24) is 0 Å². The number of anilines is 1. The summed E-state index contributed by atoms with van der Waals surface area (Å²) in [5.74, 6) is -1.98. The Kier molecular flexibility index (Phi) is 3.19. The minimum absolute atomic E-state index is 0.0674. The molecule has 1 fully saturated rings. The predicted octanol–water partition coefficient (Wildman–Crippen LogP) is 2.32. The van der Waals surface area contributed by atoms with E-state index in [4.69, 9.17) is 16.3 Å². The SMILES string of the molecule is COc1cc(F)c(N2CC(Cl)CC2=O)c(F)c1. The van der Waals surface area contributed by atoms with E-state index in [1.165, 1.54) is 7.11 Å². The number of benzene rings is 1. The van der Waals surface area contributed by atoms with Crippen LogP contribution >= 0.6 is 11.6 Å². The van der Waals surface area contributed by atoms with E-state index >= 15 is 0 Å². The van der Waals surface area contributed by atoms with Crippen LogP contribution < -0.4 is 9.64 Å². The van der Waals surface area contributed by atoms with Crippen LogP contribution in [0.4, 0.5) is 14.5 Å². The molecule has 6 heteroatoms. The van der Waals surface area contributed by atoms with Gasteiger partial charge in [0.2, 0.25) is 5.91 Å². The van der Waals surface area contributed by atoms with Crippen molar-refractivity contribution >= 4 is 23.2 Å². The number of halogens is 3. The molecule has 1 aliphatic heterocycles. The monoisotopic (exact) mass is 261 g/mol. The largest absolute Gasteiger partial charge is 0.497 e. The van der Waals surface area contributed by atoms with Crippen LogP contribution in [0.15, 0.2) is 12.1 Å². The average molecular weight is 262 g/mol. The Hall–Kier alpha value is -1.36. The maximum atomic E-state index is 13.7. The molecule has 1 atom stereocenters. The van der Waals surface area contributed by atoms with Crippen molar-refractivity contribution in [1.29, 1.82) is 0 Å². The molecule has 1 heterocycles. The molecule has 0 saturated carbocycles. The molecule has 92 valence electrons. The summed E-state index contributed by atoms with van der Waals surface area (Å²) in [5.41, 5.74) is -0.362.